The molecule has 5 nitrogen and oxygen atoms in total. The molecule has 1 rings (SSSR count). The topological polar surface area (TPSA) is 93.3 Å². The van der Waals surface area contributed by atoms with Gasteiger partial charge in [0.25, 0.3) is 0 Å². The van der Waals surface area contributed by atoms with Gasteiger partial charge in [-0.3, -0.25) is 0 Å². The van der Waals surface area contributed by atoms with E-state index < -0.39 is 12.2 Å². The second kappa shape index (κ2) is 19.8. The summed E-state index contributed by atoms with van der Waals surface area (Å²) in [7, 11) is 0. The predicted octanol–water partition coefficient (Wildman–Crippen LogP) is 4.92. The Labute approximate surface area is 167 Å². The maximum absolute atomic E-state index is 10.0. The molecule has 27 heavy (non-hydrogen) atoms. The van der Waals surface area contributed by atoms with Crippen LogP contribution in [0.1, 0.15) is 92.4 Å². The largest absolute Gasteiger partial charge is 0.411 e. The van der Waals surface area contributed by atoms with Gasteiger partial charge in [-0.1, -0.05) is 84.0 Å². The Morgan fingerprint density at radius 1 is 1.07 bits per heavy atom. The third kappa shape index (κ3) is 13.8. The first-order chi connectivity index (χ1) is 13.0. The van der Waals surface area contributed by atoms with Crippen molar-refractivity contribution >= 4 is 5.71 Å². The van der Waals surface area contributed by atoms with Crippen molar-refractivity contribution in [2.75, 3.05) is 6.61 Å². The van der Waals surface area contributed by atoms with Crippen molar-refractivity contribution in [3.63, 3.8) is 0 Å². The second-order valence-electron chi connectivity index (χ2n) is 7.22. The lowest BCUT2D eigenvalue weighted by atomic mass is 9.89. The molecule has 1 aliphatic carbocycles. The van der Waals surface area contributed by atoms with E-state index in [-0.39, 0.29) is 11.8 Å². The molecule has 0 aliphatic heterocycles. The normalized spacial score (nSPS) is 24.3. The zero-order valence-corrected chi connectivity index (χ0v) is 18.3. The van der Waals surface area contributed by atoms with Crippen LogP contribution in [0.25, 0.3) is 0 Å². The van der Waals surface area contributed by atoms with Crippen LogP contribution >= 0.6 is 0 Å². The fraction of sp³-hybridized carbons (Fsp3) is 0.864. The maximum atomic E-state index is 10.0. The Hall–Kier alpha value is -0.910. The van der Waals surface area contributed by atoms with E-state index in [4.69, 9.17) is 10.3 Å². The molecule has 5 heteroatoms. The highest BCUT2D eigenvalue weighted by atomic mass is 16.4. The van der Waals surface area contributed by atoms with Crippen LogP contribution in [0.3, 0.4) is 0 Å². The highest BCUT2D eigenvalue weighted by Crippen LogP contribution is 2.34. The Balaban J connectivity index is 0. The van der Waals surface area contributed by atoms with Crippen LogP contribution in [0.4, 0.5) is 0 Å². The summed E-state index contributed by atoms with van der Waals surface area (Å²) in [6.07, 6.45) is 11.4. The molecule has 0 radical (unpaired) electrons. The number of oxime groups is 1. The minimum atomic E-state index is -0.443. The number of hydrogen-bond acceptors (Lipinski definition) is 5. The molecule has 1 unspecified atom stereocenters. The molecule has 0 aromatic rings. The molecule has 0 amide bonds. The molecule has 0 aromatic heterocycles. The van der Waals surface area contributed by atoms with Gasteiger partial charge in [-0.2, -0.15) is 0 Å². The minimum absolute atomic E-state index is 0.0456. The number of aliphatic hydroxyl groups excluding tert-OH is 3. The van der Waals surface area contributed by atoms with Gasteiger partial charge < -0.3 is 20.5 Å². The number of aliphatic hydroxyl groups is 3. The van der Waals surface area contributed by atoms with Gasteiger partial charge in [-0.15, -0.1) is 0 Å². The van der Waals surface area contributed by atoms with E-state index in [2.05, 4.69) is 32.9 Å². The van der Waals surface area contributed by atoms with Crippen LogP contribution in [-0.4, -0.2) is 45.1 Å². The molecular formula is C22H45NO4. The quantitative estimate of drug-likeness (QED) is 0.196. The van der Waals surface area contributed by atoms with Gasteiger partial charge in [-0.25, -0.2) is 0 Å². The zero-order valence-electron chi connectivity index (χ0n) is 18.3. The lowest BCUT2D eigenvalue weighted by molar-refractivity contribution is 0.118. The maximum Gasteiger partial charge on any atom is 0.0721 e. The summed E-state index contributed by atoms with van der Waals surface area (Å²) in [5.41, 5.74) is 0.632. The molecule has 0 heterocycles. The highest BCUT2D eigenvalue weighted by Gasteiger charge is 2.38. The van der Waals surface area contributed by atoms with E-state index in [9.17, 15) is 10.2 Å². The lowest BCUT2D eigenvalue weighted by Gasteiger charge is -2.18. The molecule has 4 N–H and O–H groups in total. The third-order valence-corrected chi connectivity index (χ3v) is 4.38. The molecule has 0 saturated heterocycles. The van der Waals surface area contributed by atoms with E-state index in [1.54, 1.807) is 6.08 Å². The van der Waals surface area contributed by atoms with Gasteiger partial charge >= 0.3 is 0 Å². The van der Waals surface area contributed by atoms with Crippen molar-refractivity contribution in [1.82, 2.24) is 0 Å². The summed E-state index contributed by atoms with van der Waals surface area (Å²) in [4.78, 5) is 0. The molecular weight excluding hydrogens is 342 g/mol. The van der Waals surface area contributed by atoms with Crippen molar-refractivity contribution < 1.29 is 20.5 Å². The highest BCUT2D eigenvalue weighted by molar-refractivity contribution is 5.90. The van der Waals surface area contributed by atoms with Crippen molar-refractivity contribution in [3.05, 3.63) is 12.2 Å². The first-order valence-electron chi connectivity index (χ1n) is 10.8. The zero-order chi connectivity index (χ0) is 21.1. The van der Waals surface area contributed by atoms with E-state index >= 15 is 0 Å². The van der Waals surface area contributed by atoms with Crippen LogP contribution in [-0.2, 0) is 0 Å². The summed E-state index contributed by atoms with van der Waals surface area (Å²) in [5, 5.41) is 40.2. The summed E-state index contributed by atoms with van der Waals surface area (Å²) >= 11 is 0. The Bertz CT molecular complexity index is 369. The average molecular weight is 388 g/mol. The average Bonchev–Trinajstić information content (AvgIpc) is 2.96. The first-order valence-corrected chi connectivity index (χ1v) is 10.8. The van der Waals surface area contributed by atoms with Crippen LogP contribution in [0, 0.1) is 11.8 Å². The molecule has 0 spiro atoms. The summed E-state index contributed by atoms with van der Waals surface area (Å²) in [5.74, 6) is 0.0563. The van der Waals surface area contributed by atoms with Crippen molar-refractivity contribution in [2.45, 2.75) is 105 Å². The van der Waals surface area contributed by atoms with Crippen LogP contribution in [0.15, 0.2) is 17.3 Å². The van der Waals surface area contributed by atoms with Crippen molar-refractivity contribution in [3.8, 4) is 0 Å². The van der Waals surface area contributed by atoms with Gasteiger partial charge in [0.05, 0.1) is 17.9 Å². The number of nitrogens with zero attached hydrogens (tertiary/aromatic N) is 1. The predicted molar refractivity (Wildman–Crippen MR) is 114 cm³/mol. The second-order valence-corrected chi connectivity index (χ2v) is 7.22. The minimum Gasteiger partial charge on any atom is -0.411 e. The molecule has 0 bridgehead atoms. The summed E-state index contributed by atoms with van der Waals surface area (Å²) in [6, 6.07) is 0. The molecule has 1 aliphatic rings. The third-order valence-electron chi connectivity index (χ3n) is 4.38. The van der Waals surface area contributed by atoms with Crippen LogP contribution in [0.5, 0.6) is 0 Å². The van der Waals surface area contributed by atoms with Crippen LogP contribution in [0.2, 0.25) is 0 Å². The van der Waals surface area contributed by atoms with Gasteiger partial charge in [-0.05, 0) is 25.2 Å². The van der Waals surface area contributed by atoms with Crippen molar-refractivity contribution in [2.24, 2.45) is 17.0 Å². The summed E-state index contributed by atoms with van der Waals surface area (Å²) in [6.45, 7) is 10.7. The fourth-order valence-electron chi connectivity index (χ4n) is 3.00. The van der Waals surface area contributed by atoms with Gasteiger partial charge in [0.15, 0.2) is 0 Å². The smallest absolute Gasteiger partial charge is 0.0721 e. The van der Waals surface area contributed by atoms with Gasteiger partial charge in [0.1, 0.15) is 0 Å². The van der Waals surface area contributed by atoms with E-state index in [0.717, 1.165) is 44.9 Å². The molecule has 162 valence electrons. The molecule has 4 atom stereocenters. The van der Waals surface area contributed by atoms with E-state index in [1.807, 2.05) is 13.0 Å². The van der Waals surface area contributed by atoms with Crippen LogP contribution < -0.4 is 0 Å². The van der Waals surface area contributed by atoms with Gasteiger partial charge in [0, 0.05) is 18.9 Å². The molecule has 0 aromatic carbocycles. The van der Waals surface area contributed by atoms with Gasteiger partial charge in [0.2, 0.25) is 0 Å². The van der Waals surface area contributed by atoms with Crippen molar-refractivity contribution in [1.29, 1.82) is 0 Å². The molecule has 1 fully saturated rings. The van der Waals surface area contributed by atoms with E-state index in [0.29, 0.717) is 18.7 Å². The first kappa shape index (κ1) is 28.3. The molecule has 1 saturated carbocycles. The number of allylic oxidation sites excluding steroid dienone is 1. The summed E-state index contributed by atoms with van der Waals surface area (Å²) < 4.78 is 0. The lowest BCUT2D eigenvalue weighted by Crippen LogP contribution is -2.19. The number of rotatable bonds is 9. The number of hydrogen-bond donors (Lipinski definition) is 4. The Morgan fingerprint density at radius 2 is 1.67 bits per heavy atom. The Morgan fingerprint density at radius 3 is 2.11 bits per heavy atom. The fourth-order valence-corrected chi connectivity index (χ4v) is 3.00. The van der Waals surface area contributed by atoms with E-state index in [1.165, 1.54) is 6.42 Å². The SMILES string of the molecule is CCC.CCCCCC(O)/C=C/[C@H]1/C(=N\O)C[C@H](O)[C@@H]1CCC.CCCO. The standard InChI is InChI=1S/C16H29NO3.C3H8O.C3H8/c1-3-5-6-8-12(18)9-10-13-14(7-4-2)16(19)11-15(13)17-20;1-2-3-4;1-3-2/h9-10,12-14,16,18-20H,3-8,11H2,1-2H3;4H,2-3H2,1H3;3H2,1-2H3/b10-9+,17-15-;;/t12?,13-,14-,16+;;/m1../s1. The Kier molecular flexibility index (Phi) is 20.8. The monoisotopic (exact) mass is 387 g/mol. The number of unbranched alkanes of at least 4 members (excludes halogenated alkanes) is 2.